The number of carbonyl (C=O) groups excluding carboxylic acids is 2. The number of halogens is 1. The molecule has 2 heterocycles. The lowest BCUT2D eigenvalue weighted by atomic mass is 9.89. The second-order valence-corrected chi connectivity index (χ2v) is 12.4. The van der Waals surface area contributed by atoms with E-state index in [2.05, 4.69) is 26.6 Å². The Kier molecular flexibility index (Phi) is 9.72. The molecular formula is C34H40FN5O2S. The van der Waals surface area contributed by atoms with Crippen LogP contribution in [0.5, 0.6) is 0 Å². The number of amides is 3. The molecule has 7 nitrogen and oxygen atoms in total. The molecule has 3 amide bonds. The zero-order chi connectivity index (χ0) is 30.5. The van der Waals surface area contributed by atoms with Gasteiger partial charge in [-0.2, -0.15) is 0 Å². The number of para-hydroxylation sites is 1. The van der Waals surface area contributed by atoms with Crippen molar-refractivity contribution in [3.8, 4) is 0 Å². The van der Waals surface area contributed by atoms with Crippen molar-refractivity contribution in [1.29, 1.82) is 0 Å². The number of nitrogens with zero attached hydrogens (tertiary/aromatic N) is 2. The first-order chi connectivity index (χ1) is 20.7. The Bertz CT molecular complexity index is 1560. The highest BCUT2D eigenvalue weighted by Crippen LogP contribution is 2.32. The van der Waals surface area contributed by atoms with Crippen molar-refractivity contribution >= 4 is 40.3 Å². The predicted molar refractivity (Wildman–Crippen MR) is 173 cm³/mol. The Balaban J connectivity index is 1.37. The Morgan fingerprint density at radius 3 is 2.49 bits per heavy atom. The summed E-state index contributed by atoms with van der Waals surface area (Å²) >= 11 is 1.57. The minimum atomic E-state index is -0.811. The van der Waals surface area contributed by atoms with Crippen LogP contribution in [0.25, 0.3) is 10.9 Å². The molecule has 0 unspecified atom stereocenters. The van der Waals surface area contributed by atoms with Gasteiger partial charge in [0.25, 0.3) is 0 Å². The summed E-state index contributed by atoms with van der Waals surface area (Å²) in [6.07, 6.45) is 5.48. The van der Waals surface area contributed by atoms with Crippen LogP contribution in [0.3, 0.4) is 0 Å². The number of hydrogen-bond donors (Lipinski definition) is 3. The monoisotopic (exact) mass is 601 g/mol. The average molecular weight is 602 g/mol. The molecule has 1 aromatic heterocycles. The van der Waals surface area contributed by atoms with Crippen LogP contribution in [0.15, 0.2) is 77.8 Å². The van der Waals surface area contributed by atoms with Crippen molar-refractivity contribution in [2.75, 3.05) is 38.8 Å². The van der Waals surface area contributed by atoms with E-state index in [1.54, 1.807) is 16.7 Å². The smallest absolute Gasteiger partial charge is 0.318 e. The molecule has 43 heavy (non-hydrogen) atoms. The fraction of sp³-hybridized carbons (Fsp3) is 0.353. The van der Waals surface area contributed by atoms with Gasteiger partial charge in [-0.3, -0.25) is 4.79 Å². The minimum Gasteiger partial charge on any atom is -0.361 e. The number of anilines is 1. The number of piperidine rings is 1. The molecule has 4 aromatic rings. The molecule has 2 atom stereocenters. The number of H-pyrrole nitrogens is 1. The van der Waals surface area contributed by atoms with Gasteiger partial charge in [-0.1, -0.05) is 43.3 Å². The molecule has 226 valence electrons. The number of carbonyl (C=O) groups is 2. The highest BCUT2D eigenvalue weighted by molar-refractivity contribution is 7.98. The van der Waals surface area contributed by atoms with E-state index in [9.17, 15) is 14.0 Å². The van der Waals surface area contributed by atoms with Gasteiger partial charge >= 0.3 is 6.03 Å². The van der Waals surface area contributed by atoms with Crippen LogP contribution >= 0.6 is 11.8 Å². The van der Waals surface area contributed by atoms with Crippen LogP contribution < -0.4 is 10.6 Å². The van der Waals surface area contributed by atoms with Crippen LogP contribution in [-0.2, 0) is 11.3 Å². The molecule has 0 saturated carbocycles. The highest BCUT2D eigenvalue weighted by atomic mass is 32.2. The molecule has 3 aromatic carbocycles. The lowest BCUT2D eigenvalue weighted by molar-refractivity contribution is -0.118. The van der Waals surface area contributed by atoms with Gasteiger partial charge in [0, 0.05) is 47.5 Å². The van der Waals surface area contributed by atoms with Gasteiger partial charge in [-0.15, -0.1) is 11.8 Å². The number of likely N-dealkylation sites (tertiary alicyclic amines) is 1. The normalized spacial score (nSPS) is 15.4. The van der Waals surface area contributed by atoms with E-state index >= 15 is 0 Å². The summed E-state index contributed by atoms with van der Waals surface area (Å²) in [5.74, 6) is -0.541. The molecule has 0 spiro atoms. The number of hydrogen-bond acceptors (Lipinski definition) is 4. The maximum Gasteiger partial charge on any atom is 0.318 e. The number of fused-ring (bicyclic) bond motifs is 1. The molecule has 1 fully saturated rings. The summed E-state index contributed by atoms with van der Waals surface area (Å²) in [5, 5.41) is 7.29. The fourth-order valence-electron chi connectivity index (χ4n) is 5.97. The van der Waals surface area contributed by atoms with Gasteiger partial charge < -0.3 is 25.4 Å². The second-order valence-electron chi connectivity index (χ2n) is 11.6. The molecule has 0 radical (unpaired) electrons. The van der Waals surface area contributed by atoms with Crippen LogP contribution in [0.4, 0.5) is 14.9 Å². The molecule has 3 N–H and O–H groups in total. The zero-order valence-corrected chi connectivity index (χ0v) is 26.0. The maximum absolute atomic E-state index is 14.1. The first-order valence-electron chi connectivity index (χ1n) is 14.7. The number of rotatable bonds is 9. The molecule has 0 bridgehead atoms. The Morgan fingerprint density at radius 2 is 1.79 bits per heavy atom. The second kappa shape index (κ2) is 13.7. The molecule has 1 saturated heterocycles. The number of aromatic amines is 1. The van der Waals surface area contributed by atoms with Crippen molar-refractivity contribution < 1.29 is 14.0 Å². The topological polar surface area (TPSA) is 80.5 Å². The number of aromatic nitrogens is 1. The van der Waals surface area contributed by atoms with Crippen LogP contribution in [0, 0.1) is 5.82 Å². The predicted octanol–water partition coefficient (Wildman–Crippen LogP) is 6.79. The van der Waals surface area contributed by atoms with Gasteiger partial charge in [-0.25, -0.2) is 9.18 Å². The van der Waals surface area contributed by atoms with Gasteiger partial charge in [0.15, 0.2) is 0 Å². The number of thioether (sulfide) groups is 1. The minimum absolute atomic E-state index is 0.247. The third kappa shape index (κ3) is 7.22. The SMILES string of the molecule is CSc1ccc(CN(C)C)cc1NC(=O)[C@H](NC(=O)N1CCC(c2ccc(F)cc2)CC1)[C@H](C)c1c[nH]c2ccccc12. The van der Waals surface area contributed by atoms with Gasteiger partial charge in [-0.05, 0) is 86.1 Å². The summed E-state index contributed by atoms with van der Waals surface area (Å²) in [6.45, 7) is 3.86. The van der Waals surface area contributed by atoms with Gasteiger partial charge in [0.2, 0.25) is 5.91 Å². The molecule has 9 heteroatoms. The third-order valence-electron chi connectivity index (χ3n) is 8.32. The lowest BCUT2D eigenvalue weighted by Crippen LogP contribution is -2.53. The first kappa shape index (κ1) is 30.6. The van der Waals surface area contributed by atoms with Crippen LogP contribution in [0.2, 0.25) is 0 Å². The number of nitrogens with one attached hydrogen (secondary N) is 3. The van der Waals surface area contributed by atoms with E-state index < -0.39 is 6.04 Å². The van der Waals surface area contributed by atoms with Crippen molar-refractivity contribution in [3.05, 3.63) is 95.4 Å². The van der Waals surface area contributed by atoms with Crippen molar-refractivity contribution in [1.82, 2.24) is 20.1 Å². The molecule has 0 aliphatic carbocycles. The maximum atomic E-state index is 14.1. The van der Waals surface area contributed by atoms with E-state index in [4.69, 9.17) is 0 Å². The lowest BCUT2D eigenvalue weighted by Gasteiger charge is -2.34. The summed E-state index contributed by atoms with van der Waals surface area (Å²) < 4.78 is 13.4. The fourth-order valence-corrected chi connectivity index (χ4v) is 6.50. The zero-order valence-electron chi connectivity index (χ0n) is 25.2. The summed E-state index contributed by atoms with van der Waals surface area (Å²) in [5.41, 5.74) is 4.87. The van der Waals surface area contributed by atoms with E-state index in [0.29, 0.717) is 13.1 Å². The Morgan fingerprint density at radius 1 is 1.07 bits per heavy atom. The van der Waals surface area contributed by atoms with Crippen molar-refractivity contribution in [3.63, 3.8) is 0 Å². The average Bonchev–Trinajstić information content (AvgIpc) is 3.44. The van der Waals surface area contributed by atoms with E-state index in [1.807, 2.05) is 82.0 Å². The van der Waals surface area contributed by atoms with Crippen LogP contribution in [0.1, 0.15) is 48.3 Å². The molecular weight excluding hydrogens is 561 g/mol. The summed E-state index contributed by atoms with van der Waals surface area (Å²) in [4.78, 5) is 35.9. The summed E-state index contributed by atoms with van der Waals surface area (Å²) in [6, 6.07) is 19.7. The standard InChI is InChI=1S/C34H40FN5O2S/c1-22(28-20-36-29-8-6-5-7-27(28)29)32(33(41)37-30-19-23(21-39(2)3)9-14-31(30)43-4)38-34(42)40-17-15-25(16-18-40)24-10-12-26(35)13-11-24/h5-14,19-20,22,25,32,36H,15-18,21H2,1-4H3,(H,37,41)(H,38,42)/t22-,32-/m1/s1. The summed E-state index contributed by atoms with van der Waals surface area (Å²) in [7, 11) is 4.02. The Labute approximate surface area is 257 Å². The van der Waals surface area contributed by atoms with E-state index in [0.717, 1.165) is 57.6 Å². The van der Waals surface area contributed by atoms with E-state index in [1.165, 1.54) is 12.1 Å². The molecule has 1 aliphatic heterocycles. The largest absolute Gasteiger partial charge is 0.361 e. The number of benzene rings is 3. The van der Waals surface area contributed by atoms with Crippen molar-refractivity contribution in [2.24, 2.45) is 0 Å². The third-order valence-corrected chi connectivity index (χ3v) is 9.11. The van der Waals surface area contributed by atoms with Crippen LogP contribution in [-0.4, -0.2) is 66.2 Å². The Hall–Kier alpha value is -3.82. The van der Waals surface area contributed by atoms with Gasteiger partial charge in [0.05, 0.1) is 5.69 Å². The van der Waals surface area contributed by atoms with E-state index in [-0.39, 0.29) is 29.6 Å². The quantitative estimate of drug-likeness (QED) is 0.185. The first-order valence-corrected chi connectivity index (χ1v) is 16.0. The molecule has 1 aliphatic rings. The molecule has 5 rings (SSSR count). The number of urea groups is 1. The highest BCUT2D eigenvalue weighted by Gasteiger charge is 2.33. The van der Waals surface area contributed by atoms with Gasteiger partial charge in [0.1, 0.15) is 11.9 Å². The van der Waals surface area contributed by atoms with Crippen molar-refractivity contribution in [2.45, 2.75) is 49.1 Å².